The lowest BCUT2D eigenvalue weighted by Gasteiger charge is -2.03. The Morgan fingerprint density at radius 2 is 1.85 bits per heavy atom. The van der Waals surface area contributed by atoms with Crippen LogP contribution in [0.15, 0.2) is 76.0 Å². The molecule has 6 heteroatoms. The van der Waals surface area contributed by atoms with Crippen molar-refractivity contribution >= 4 is 34.5 Å². The Bertz CT molecular complexity index is 1110. The zero-order valence-electron chi connectivity index (χ0n) is 14.7. The van der Waals surface area contributed by atoms with Gasteiger partial charge in [0.25, 0.3) is 0 Å². The van der Waals surface area contributed by atoms with E-state index in [4.69, 9.17) is 4.42 Å². The Morgan fingerprint density at radius 1 is 1.00 bits per heavy atom. The molecule has 0 aliphatic carbocycles. The van der Waals surface area contributed by atoms with Gasteiger partial charge in [-0.15, -0.1) is 16.9 Å². The summed E-state index contributed by atoms with van der Waals surface area (Å²) in [5.41, 5.74) is 1.75. The molecule has 0 radical (unpaired) electrons. The number of carbonyl (C=O) groups is 1. The van der Waals surface area contributed by atoms with Crippen molar-refractivity contribution in [2.75, 3.05) is 11.6 Å². The van der Waals surface area contributed by atoms with E-state index in [-0.39, 0.29) is 18.3 Å². The van der Waals surface area contributed by atoms with Crippen LogP contribution in [0.4, 0.5) is 6.01 Å². The second-order valence-electron chi connectivity index (χ2n) is 6.05. The van der Waals surface area contributed by atoms with Gasteiger partial charge in [0.2, 0.25) is 11.8 Å². The van der Waals surface area contributed by atoms with Gasteiger partial charge in [-0.05, 0) is 40.8 Å². The summed E-state index contributed by atoms with van der Waals surface area (Å²) >= 11 is 1.64. The third-order valence-corrected chi connectivity index (χ3v) is 4.89. The zero-order valence-corrected chi connectivity index (χ0v) is 15.5. The van der Waals surface area contributed by atoms with Gasteiger partial charge in [0.05, 0.1) is 6.42 Å². The second kappa shape index (κ2) is 7.63. The van der Waals surface area contributed by atoms with E-state index in [9.17, 15) is 4.79 Å². The van der Waals surface area contributed by atoms with Crippen LogP contribution in [-0.2, 0) is 11.2 Å². The van der Waals surface area contributed by atoms with Crippen molar-refractivity contribution in [3.63, 3.8) is 0 Å². The Morgan fingerprint density at radius 3 is 2.70 bits per heavy atom. The summed E-state index contributed by atoms with van der Waals surface area (Å²) < 4.78 is 5.58. The normalized spacial score (nSPS) is 10.9. The van der Waals surface area contributed by atoms with Gasteiger partial charge >= 0.3 is 6.01 Å². The number of anilines is 1. The lowest BCUT2D eigenvalue weighted by molar-refractivity contribution is -0.115. The summed E-state index contributed by atoms with van der Waals surface area (Å²) in [7, 11) is 0. The summed E-state index contributed by atoms with van der Waals surface area (Å²) in [6.07, 6.45) is 2.25. The molecule has 134 valence electrons. The van der Waals surface area contributed by atoms with Crippen LogP contribution in [0.1, 0.15) is 5.56 Å². The summed E-state index contributed by atoms with van der Waals surface area (Å²) in [6, 6.07) is 22.0. The van der Waals surface area contributed by atoms with Crippen LogP contribution in [-0.4, -0.2) is 22.4 Å². The number of amides is 1. The van der Waals surface area contributed by atoms with Gasteiger partial charge in [0, 0.05) is 10.5 Å². The van der Waals surface area contributed by atoms with Crippen LogP contribution in [0.5, 0.6) is 0 Å². The summed E-state index contributed by atoms with van der Waals surface area (Å²) in [5.74, 6) is 0.185. The average molecular weight is 375 g/mol. The molecule has 1 heterocycles. The number of nitrogens with one attached hydrogen (secondary N) is 1. The first-order chi connectivity index (χ1) is 13.2. The van der Waals surface area contributed by atoms with Crippen LogP contribution in [0.25, 0.3) is 22.2 Å². The van der Waals surface area contributed by atoms with Gasteiger partial charge in [-0.1, -0.05) is 53.6 Å². The van der Waals surface area contributed by atoms with Gasteiger partial charge in [-0.2, -0.15) is 0 Å². The van der Waals surface area contributed by atoms with E-state index in [2.05, 4.69) is 15.5 Å². The molecule has 0 aliphatic heterocycles. The first-order valence-corrected chi connectivity index (χ1v) is 9.69. The largest absolute Gasteiger partial charge is 0.403 e. The quantitative estimate of drug-likeness (QED) is 0.508. The number of aromatic nitrogens is 2. The second-order valence-corrected chi connectivity index (χ2v) is 6.93. The molecular weight excluding hydrogens is 358 g/mol. The maximum Gasteiger partial charge on any atom is 0.322 e. The fraction of sp³-hybridized carbons (Fsp3) is 0.0952. The number of hydrogen-bond acceptors (Lipinski definition) is 5. The van der Waals surface area contributed by atoms with E-state index in [1.807, 2.05) is 73.0 Å². The molecule has 0 unspecified atom stereocenters. The number of carbonyl (C=O) groups excluding carboxylic acids is 1. The molecule has 3 aromatic carbocycles. The van der Waals surface area contributed by atoms with E-state index in [0.29, 0.717) is 5.89 Å². The molecule has 1 amide bonds. The molecule has 4 rings (SSSR count). The molecule has 0 spiro atoms. The number of benzene rings is 3. The summed E-state index contributed by atoms with van der Waals surface area (Å²) in [6.45, 7) is 0. The third kappa shape index (κ3) is 4.01. The maximum atomic E-state index is 12.3. The Kier molecular flexibility index (Phi) is 4.89. The predicted octanol–water partition coefficient (Wildman–Crippen LogP) is 4.79. The van der Waals surface area contributed by atoms with Gasteiger partial charge in [0.1, 0.15) is 0 Å². The van der Waals surface area contributed by atoms with Crippen molar-refractivity contribution in [1.29, 1.82) is 0 Å². The van der Waals surface area contributed by atoms with Crippen molar-refractivity contribution in [3.8, 4) is 11.5 Å². The van der Waals surface area contributed by atoms with Crippen LogP contribution >= 0.6 is 11.8 Å². The van der Waals surface area contributed by atoms with E-state index in [0.717, 1.165) is 26.8 Å². The highest BCUT2D eigenvalue weighted by molar-refractivity contribution is 7.98. The van der Waals surface area contributed by atoms with Crippen molar-refractivity contribution in [1.82, 2.24) is 10.2 Å². The minimum atomic E-state index is -0.196. The fourth-order valence-electron chi connectivity index (χ4n) is 2.84. The molecule has 0 bridgehead atoms. The summed E-state index contributed by atoms with van der Waals surface area (Å²) in [5, 5.41) is 12.9. The third-order valence-electron chi connectivity index (χ3n) is 4.17. The Labute approximate surface area is 160 Å². The zero-order chi connectivity index (χ0) is 18.6. The molecule has 0 atom stereocenters. The lowest BCUT2D eigenvalue weighted by Crippen LogP contribution is -2.14. The molecule has 4 aromatic rings. The molecule has 5 nitrogen and oxygen atoms in total. The molecule has 1 aromatic heterocycles. The number of thioether (sulfide) groups is 1. The SMILES string of the molecule is CSc1cccc(-c2nnc(NC(=O)Cc3ccc4ccccc4c3)o2)c1. The topological polar surface area (TPSA) is 68.0 Å². The minimum absolute atomic E-state index is 0.102. The molecule has 0 aliphatic rings. The molecule has 0 saturated heterocycles. The summed E-state index contributed by atoms with van der Waals surface area (Å²) in [4.78, 5) is 13.4. The standard InChI is InChI=1S/C21H17N3O2S/c1-27-18-8-4-7-17(13-18)20-23-24-21(26-20)22-19(25)12-14-9-10-15-5-2-3-6-16(15)11-14/h2-11,13H,12H2,1H3,(H,22,24,25). The van der Waals surface area contributed by atoms with E-state index >= 15 is 0 Å². The molecule has 1 N–H and O–H groups in total. The van der Waals surface area contributed by atoms with Crippen LogP contribution in [0.3, 0.4) is 0 Å². The highest BCUT2D eigenvalue weighted by Gasteiger charge is 2.12. The van der Waals surface area contributed by atoms with Gasteiger partial charge < -0.3 is 4.42 Å². The highest BCUT2D eigenvalue weighted by Crippen LogP contribution is 2.24. The Balaban J connectivity index is 1.45. The van der Waals surface area contributed by atoms with E-state index in [1.165, 1.54) is 0 Å². The predicted molar refractivity (Wildman–Crippen MR) is 108 cm³/mol. The molecule has 0 fully saturated rings. The van der Waals surface area contributed by atoms with Gasteiger partial charge in [0.15, 0.2) is 0 Å². The number of hydrogen-bond donors (Lipinski definition) is 1. The van der Waals surface area contributed by atoms with Crippen LogP contribution < -0.4 is 5.32 Å². The van der Waals surface area contributed by atoms with Crippen LogP contribution in [0.2, 0.25) is 0 Å². The minimum Gasteiger partial charge on any atom is -0.403 e. The molecule has 27 heavy (non-hydrogen) atoms. The van der Waals surface area contributed by atoms with Crippen molar-refractivity contribution in [2.24, 2.45) is 0 Å². The highest BCUT2D eigenvalue weighted by atomic mass is 32.2. The lowest BCUT2D eigenvalue weighted by atomic mass is 10.1. The molecule has 0 saturated carbocycles. The van der Waals surface area contributed by atoms with Crippen molar-refractivity contribution in [3.05, 3.63) is 72.3 Å². The monoisotopic (exact) mass is 375 g/mol. The van der Waals surface area contributed by atoms with Gasteiger partial charge in [-0.25, -0.2) is 0 Å². The van der Waals surface area contributed by atoms with Crippen molar-refractivity contribution < 1.29 is 9.21 Å². The maximum absolute atomic E-state index is 12.3. The Hall–Kier alpha value is -3.12. The van der Waals surface area contributed by atoms with Crippen molar-refractivity contribution in [2.45, 2.75) is 11.3 Å². The van der Waals surface area contributed by atoms with E-state index in [1.54, 1.807) is 11.8 Å². The van der Waals surface area contributed by atoms with E-state index < -0.39 is 0 Å². The van der Waals surface area contributed by atoms with Crippen LogP contribution in [0, 0.1) is 0 Å². The smallest absolute Gasteiger partial charge is 0.322 e. The molecular formula is C21H17N3O2S. The number of fused-ring (bicyclic) bond motifs is 1. The fourth-order valence-corrected chi connectivity index (χ4v) is 3.30. The first-order valence-electron chi connectivity index (χ1n) is 8.47. The number of rotatable bonds is 5. The van der Waals surface area contributed by atoms with Gasteiger partial charge in [-0.3, -0.25) is 10.1 Å². The average Bonchev–Trinajstić information content (AvgIpc) is 3.16. The number of nitrogens with zero attached hydrogens (tertiary/aromatic N) is 2. The first kappa shape index (κ1) is 17.3.